The third kappa shape index (κ3) is 4.84. The van der Waals surface area contributed by atoms with Gasteiger partial charge in [0.1, 0.15) is 11.8 Å². The molecule has 0 aliphatic heterocycles. The van der Waals surface area contributed by atoms with E-state index in [2.05, 4.69) is 39.8 Å². The van der Waals surface area contributed by atoms with Gasteiger partial charge in [-0.25, -0.2) is 0 Å². The number of oxime groups is 1. The standard InChI is InChI=1S/C31H51NO5/c1-19(2)9-8-10-20(3)25-11-12-26-24-17-28(32-35)31(37-22(5)34)18-23(36-21(4)33)13-16-30(31,7)27(24)14-15-29(25,26)6/h19-20,23-27,35H,8-18H2,1-7H3/b32-28-/t20-,23-,24-,25+,26-,27-,29+,30+,31-/m0/s1. The Bertz CT molecular complexity index is 900. The quantitative estimate of drug-likeness (QED) is 0.220. The maximum Gasteiger partial charge on any atom is 0.303 e. The number of hydrogen-bond donors (Lipinski definition) is 1. The fourth-order valence-corrected chi connectivity index (χ4v) is 9.95. The van der Waals surface area contributed by atoms with Gasteiger partial charge < -0.3 is 14.7 Å². The lowest BCUT2D eigenvalue weighted by Gasteiger charge is -2.64. The lowest BCUT2D eigenvalue weighted by Crippen LogP contribution is -2.68. The van der Waals surface area contributed by atoms with Crippen LogP contribution in [0.1, 0.15) is 119 Å². The number of nitrogens with zero attached hydrogens (tertiary/aromatic N) is 1. The number of fused-ring (bicyclic) bond motifs is 5. The highest BCUT2D eigenvalue weighted by Gasteiger charge is 2.69. The van der Waals surface area contributed by atoms with Gasteiger partial charge in [-0.05, 0) is 85.9 Å². The van der Waals surface area contributed by atoms with Gasteiger partial charge >= 0.3 is 11.9 Å². The molecule has 0 amide bonds. The van der Waals surface area contributed by atoms with Crippen molar-refractivity contribution in [1.82, 2.24) is 0 Å². The van der Waals surface area contributed by atoms with Crippen molar-refractivity contribution in [3.05, 3.63) is 0 Å². The first-order valence-corrected chi connectivity index (χ1v) is 15.0. The molecule has 0 aromatic carbocycles. The van der Waals surface area contributed by atoms with Crippen molar-refractivity contribution in [1.29, 1.82) is 0 Å². The topological polar surface area (TPSA) is 85.2 Å². The molecule has 4 fully saturated rings. The maximum absolute atomic E-state index is 12.5. The molecule has 0 aromatic rings. The monoisotopic (exact) mass is 517 g/mol. The predicted octanol–water partition coefficient (Wildman–Crippen LogP) is 7.17. The second-order valence-corrected chi connectivity index (χ2v) is 14.0. The molecule has 0 radical (unpaired) electrons. The zero-order chi connectivity index (χ0) is 27.2. The van der Waals surface area contributed by atoms with Crippen LogP contribution < -0.4 is 0 Å². The van der Waals surface area contributed by atoms with Gasteiger partial charge in [0.05, 0.1) is 0 Å². The van der Waals surface area contributed by atoms with Crippen LogP contribution in [0.3, 0.4) is 0 Å². The minimum absolute atomic E-state index is 0.311. The summed E-state index contributed by atoms with van der Waals surface area (Å²) in [5.74, 6) is 2.96. The summed E-state index contributed by atoms with van der Waals surface area (Å²) in [6.07, 6.45) is 11.0. The van der Waals surface area contributed by atoms with Crippen molar-refractivity contribution >= 4 is 17.7 Å². The summed E-state index contributed by atoms with van der Waals surface area (Å²) in [7, 11) is 0. The number of carbonyl (C=O) groups excluding carboxylic acids is 2. The second-order valence-electron chi connectivity index (χ2n) is 14.0. The van der Waals surface area contributed by atoms with E-state index in [1.807, 2.05) is 0 Å². The van der Waals surface area contributed by atoms with Gasteiger partial charge in [-0.1, -0.05) is 59.0 Å². The van der Waals surface area contributed by atoms with Gasteiger partial charge in [0.2, 0.25) is 0 Å². The number of esters is 2. The van der Waals surface area contributed by atoms with E-state index >= 15 is 0 Å². The summed E-state index contributed by atoms with van der Waals surface area (Å²) in [5.41, 5.74) is -0.474. The van der Waals surface area contributed by atoms with Crippen molar-refractivity contribution < 1.29 is 24.3 Å². The molecule has 37 heavy (non-hydrogen) atoms. The zero-order valence-electron chi connectivity index (χ0n) is 24.3. The van der Waals surface area contributed by atoms with Crippen LogP contribution in [-0.4, -0.2) is 34.6 Å². The molecule has 0 unspecified atom stereocenters. The molecular weight excluding hydrogens is 466 g/mol. The van der Waals surface area contributed by atoms with Gasteiger partial charge in [-0.3, -0.25) is 9.59 Å². The Labute approximate surface area is 224 Å². The molecule has 0 aromatic heterocycles. The lowest BCUT2D eigenvalue weighted by molar-refractivity contribution is -0.204. The molecule has 4 aliphatic carbocycles. The molecule has 210 valence electrons. The van der Waals surface area contributed by atoms with Crippen molar-refractivity contribution in [2.45, 2.75) is 131 Å². The molecule has 0 heterocycles. The van der Waals surface area contributed by atoms with Crippen LogP contribution in [0.15, 0.2) is 5.16 Å². The Balaban J connectivity index is 1.63. The van der Waals surface area contributed by atoms with Crippen LogP contribution in [0.5, 0.6) is 0 Å². The fourth-order valence-electron chi connectivity index (χ4n) is 9.95. The van der Waals surface area contributed by atoms with E-state index in [4.69, 9.17) is 9.47 Å². The van der Waals surface area contributed by atoms with E-state index in [1.54, 1.807) is 0 Å². The molecular formula is C31H51NO5. The molecule has 4 rings (SSSR count). The summed E-state index contributed by atoms with van der Waals surface area (Å²) >= 11 is 0. The van der Waals surface area contributed by atoms with Crippen LogP contribution >= 0.6 is 0 Å². The smallest absolute Gasteiger partial charge is 0.303 e. The van der Waals surface area contributed by atoms with E-state index in [0.717, 1.165) is 37.0 Å². The Morgan fingerprint density at radius 3 is 2.35 bits per heavy atom. The highest BCUT2D eigenvalue weighted by atomic mass is 16.6. The van der Waals surface area contributed by atoms with E-state index in [9.17, 15) is 14.8 Å². The van der Waals surface area contributed by atoms with Crippen molar-refractivity contribution in [3.8, 4) is 0 Å². The molecule has 1 N–H and O–H groups in total. The fraction of sp³-hybridized carbons (Fsp3) is 0.903. The Morgan fingerprint density at radius 2 is 1.73 bits per heavy atom. The van der Waals surface area contributed by atoms with Crippen LogP contribution in [-0.2, 0) is 19.1 Å². The molecule has 0 saturated heterocycles. The SMILES string of the molecule is CC(=O)O[C@H]1CC[C@]2(C)[C@H]3CC[C@]4(C)[C@@H]([C@@H](C)CCCC(C)C)CC[C@H]4[C@@H]3C/C(=N/O)[C@@]2(OC(C)=O)C1. The first kappa shape index (κ1) is 28.4. The van der Waals surface area contributed by atoms with Crippen molar-refractivity contribution in [2.75, 3.05) is 0 Å². The molecule has 9 atom stereocenters. The summed E-state index contributed by atoms with van der Waals surface area (Å²) < 4.78 is 11.8. The van der Waals surface area contributed by atoms with E-state index in [-0.39, 0.29) is 23.5 Å². The highest BCUT2D eigenvalue weighted by molar-refractivity contribution is 5.96. The Hall–Kier alpha value is -1.59. The minimum Gasteiger partial charge on any atom is -0.462 e. The molecule has 0 bridgehead atoms. The Morgan fingerprint density at radius 1 is 1.00 bits per heavy atom. The number of rotatable bonds is 7. The largest absolute Gasteiger partial charge is 0.462 e. The first-order chi connectivity index (χ1) is 17.4. The normalized spacial score (nSPS) is 43.0. The van der Waals surface area contributed by atoms with Gasteiger partial charge in [0.25, 0.3) is 0 Å². The van der Waals surface area contributed by atoms with Crippen molar-refractivity contribution in [2.24, 2.45) is 51.5 Å². The average Bonchev–Trinajstić information content (AvgIpc) is 3.15. The molecule has 0 spiro atoms. The first-order valence-electron chi connectivity index (χ1n) is 15.0. The minimum atomic E-state index is -1.02. The average molecular weight is 518 g/mol. The van der Waals surface area contributed by atoms with E-state index in [0.29, 0.717) is 41.7 Å². The van der Waals surface area contributed by atoms with Gasteiger partial charge in [0.15, 0.2) is 5.60 Å². The molecule has 6 nitrogen and oxygen atoms in total. The third-order valence-corrected chi connectivity index (χ3v) is 11.5. The van der Waals surface area contributed by atoms with Gasteiger partial charge in [0, 0.05) is 25.7 Å². The summed E-state index contributed by atoms with van der Waals surface area (Å²) in [6.45, 7) is 14.8. The lowest BCUT2D eigenvalue weighted by atomic mass is 9.42. The molecule has 6 heteroatoms. The summed E-state index contributed by atoms with van der Waals surface area (Å²) in [5, 5.41) is 14.2. The van der Waals surface area contributed by atoms with Crippen LogP contribution in [0.2, 0.25) is 0 Å². The van der Waals surface area contributed by atoms with Gasteiger partial charge in [-0.2, -0.15) is 0 Å². The Kier molecular flexibility index (Phi) is 8.08. The maximum atomic E-state index is 12.5. The number of ether oxygens (including phenoxy) is 2. The second kappa shape index (κ2) is 10.5. The zero-order valence-corrected chi connectivity index (χ0v) is 24.3. The van der Waals surface area contributed by atoms with E-state index < -0.39 is 5.60 Å². The van der Waals surface area contributed by atoms with Gasteiger partial charge in [-0.15, -0.1) is 0 Å². The van der Waals surface area contributed by atoms with E-state index in [1.165, 1.54) is 52.4 Å². The number of carbonyl (C=O) groups is 2. The molecule has 4 saturated carbocycles. The van der Waals surface area contributed by atoms with Crippen LogP contribution in [0, 0.1) is 46.3 Å². The summed E-state index contributed by atoms with van der Waals surface area (Å²) in [4.78, 5) is 24.3. The number of hydrogen-bond acceptors (Lipinski definition) is 6. The van der Waals surface area contributed by atoms with Crippen LogP contribution in [0.25, 0.3) is 0 Å². The predicted molar refractivity (Wildman–Crippen MR) is 144 cm³/mol. The third-order valence-electron chi connectivity index (χ3n) is 11.5. The van der Waals surface area contributed by atoms with Crippen LogP contribution in [0.4, 0.5) is 0 Å². The summed E-state index contributed by atoms with van der Waals surface area (Å²) in [6, 6.07) is 0. The highest BCUT2D eigenvalue weighted by Crippen LogP contribution is 2.69. The molecule has 4 aliphatic rings. The van der Waals surface area contributed by atoms with Crippen molar-refractivity contribution in [3.63, 3.8) is 0 Å².